The number of nitrogens with one attached hydrogen (secondary N) is 2. The zero-order valence-electron chi connectivity index (χ0n) is 27.2. The second-order valence-electron chi connectivity index (χ2n) is 12.5. The maximum Gasteiger partial charge on any atom is 0.200 e. The average molecular weight is 649 g/mol. The first-order valence-corrected chi connectivity index (χ1v) is 16.4. The molecule has 248 valence electrons. The van der Waals surface area contributed by atoms with E-state index in [1.165, 1.54) is 12.1 Å². The summed E-state index contributed by atoms with van der Waals surface area (Å²) in [5.74, 6) is -1.73. The lowest BCUT2D eigenvalue weighted by atomic mass is 9.81. The minimum atomic E-state index is -0.519. The molecular formula is C38H40N4O6. The number of benzene rings is 4. The third-order valence-corrected chi connectivity index (χ3v) is 9.58. The topological polar surface area (TPSA) is 124 Å². The van der Waals surface area contributed by atoms with Crippen molar-refractivity contribution in [2.24, 2.45) is 0 Å². The maximum absolute atomic E-state index is 14.1. The van der Waals surface area contributed by atoms with Crippen molar-refractivity contribution in [2.75, 3.05) is 63.1 Å². The van der Waals surface area contributed by atoms with Gasteiger partial charge in [0.1, 0.15) is 24.0 Å². The molecule has 0 bridgehead atoms. The van der Waals surface area contributed by atoms with Gasteiger partial charge in [-0.1, -0.05) is 48.5 Å². The standard InChI is InChI=1S/C38H40N4O6/c1-23-7-3-5-9-25(23)37-41(19-21-47-37)17-15-39-27-11-12-28(32-31(27)35(45)33-29(43)13-14-30(44)34(33)36(32)46)40-16-18-42-20-22-48-38(42)26-10-6-4-8-24(26)2/h3-14,37-40,43-44H,15-22H2,1-2H3. The SMILES string of the molecule is Cc1ccccc1C1OCCN1CCNc1ccc(NCCN2CCOC2c2ccccc2C)c2c1C(=O)c1c(O)ccc(O)c1C2=O. The van der Waals surface area contributed by atoms with Crippen molar-refractivity contribution < 1.29 is 29.3 Å². The molecule has 48 heavy (non-hydrogen) atoms. The third kappa shape index (κ3) is 5.81. The second kappa shape index (κ2) is 13.4. The predicted octanol–water partition coefficient (Wildman–Crippen LogP) is 5.38. The van der Waals surface area contributed by atoms with Crippen molar-refractivity contribution in [3.8, 4) is 11.5 Å². The van der Waals surface area contributed by atoms with Crippen molar-refractivity contribution in [3.63, 3.8) is 0 Å². The Morgan fingerprint density at radius 3 is 1.46 bits per heavy atom. The van der Waals surface area contributed by atoms with Crippen molar-refractivity contribution >= 4 is 22.9 Å². The zero-order chi connectivity index (χ0) is 33.4. The molecule has 10 heteroatoms. The van der Waals surface area contributed by atoms with Crippen LogP contribution < -0.4 is 10.6 Å². The summed E-state index contributed by atoms with van der Waals surface area (Å²) in [5.41, 5.74) is 5.53. The number of fused-ring (bicyclic) bond motifs is 2. The van der Waals surface area contributed by atoms with Gasteiger partial charge < -0.3 is 30.3 Å². The Kier molecular flexibility index (Phi) is 8.89. The number of carbonyl (C=O) groups is 2. The van der Waals surface area contributed by atoms with E-state index in [2.05, 4.69) is 58.5 Å². The van der Waals surface area contributed by atoms with Gasteiger partial charge in [0.05, 0.1) is 35.5 Å². The second-order valence-corrected chi connectivity index (χ2v) is 12.5. The molecule has 2 atom stereocenters. The van der Waals surface area contributed by atoms with Crippen LogP contribution in [-0.2, 0) is 9.47 Å². The van der Waals surface area contributed by atoms with Crippen LogP contribution in [0.2, 0.25) is 0 Å². The summed E-state index contributed by atoms with van der Waals surface area (Å²) in [5, 5.41) is 28.1. The molecule has 2 fully saturated rings. The Morgan fingerprint density at radius 2 is 1.04 bits per heavy atom. The molecule has 2 heterocycles. The first-order chi connectivity index (χ1) is 23.3. The van der Waals surface area contributed by atoms with E-state index >= 15 is 0 Å². The summed E-state index contributed by atoms with van der Waals surface area (Å²) >= 11 is 0. The van der Waals surface area contributed by atoms with Crippen LogP contribution in [0.4, 0.5) is 11.4 Å². The summed E-state index contributed by atoms with van der Waals surface area (Å²) in [6.45, 7) is 9.18. The number of carbonyl (C=O) groups excluding carboxylic acids is 2. The summed E-state index contributed by atoms with van der Waals surface area (Å²) in [7, 11) is 0. The summed E-state index contributed by atoms with van der Waals surface area (Å²) in [6.07, 6.45) is -0.315. The highest BCUT2D eigenvalue weighted by Crippen LogP contribution is 2.42. The number of hydrogen-bond donors (Lipinski definition) is 4. The Bertz CT molecular complexity index is 1740. The number of phenols is 2. The highest BCUT2D eigenvalue weighted by molar-refractivity contribution is 6.33. The molecule has 10 nitrogen and oxygen atoms in total. The van der Waals surface area contributed by atoms with Gasteiger partial charge in [0, 0.05) is 50.6 Å². The summed E-state index contributed by atoms with van der Waals surface area (Å²) < 4.78 is 12.2. The molecule has 2 unspecified atom stereocenters. The van der Waals surface area contributed by atoms with Gasteiger partial charge in [-0.2, -0.15) is 0 Å². The van der Waals surface area contributed by atoms with E-state index < -0.39 is 11.6 Å². The van der Waals surface area contributed by atoms with Gasteiger partial charge in [-0.3, -0.25) is 19.4 Å². The monoisotopic (exact) mass is 648 g/mol. The molecule has 1 aliphatic carbocycles. The number of aromatic hydroxyl groups is 2. The van der Waals surface area contributed by atoms with Crippen LogP contribution in [0.1, 0.15) is 66.6 Å². The molecule has 0 aromatic heterocycles. The lowest BCUT2D eigenvalue weighted by molar-refractivity contribution is 0.0341. The molecule has 7 rings (SSSR count). The predicted molar refractivity (Wildman–Crippen MR) is 183 cm³/mol. The number of anilines is 2. The third-order valence-electron chi connectivity index (χ3n) is 9.58. The van der Waals surface area contributed by atoms with Crippen LogP contribution in [0.5, 0.6) is 11.5 Å². The van der Waals surface area contributed by atoms with Crippen molar-refractivity contribution in [1.82, 2.24) is 9.80 Å². The van der Waals surface area contributed by atoms with Gasteiger partial charge in [-0.25, -0.2) is 0 Å². The number of hydrogen-bond acceptors (Lipinski definition) is 10. The van der Waals surface area contributed by atoms with Crippen LogP contribution in [-0.4, -0.2) is 84.1 Å². The average Bonchev–Trinajstić information content (AvgIpc) is 3.75. The fourth-order valence-corrected chi connectivity index (χ4v) is 7.10. The first kappa shape index (κ1) is 31.8. The smallest absolute Gasteiger partial charge is 0.200 e. The highest BCUT2D eigenvalue weighted by Gasteiger charge is 2.38. The lowest BCUT2D eigenvalue weighted by Crippen LogP contribution is -2.31. The molecule has 0 saturated carbocycles. The fraction of sp³-hybridized carbons (Fsp3) is 0.316. The molecule has 0 amide bonds. The molecule has 3 aliphatic rings. The molecule has 4 N–H and O–H groups in total. The van der Waals surface area contributed by atoms with Crippen LogP contribution in [0.3, 0.4) is 0 Å². The molecular weight excluding hydrogens is 608 g/mol. The first-order valence-electron chi connectivity index (χ1n) is 16.4. The van der Waals surface area contributed by atoms with Gasteiger partial charge in [0.25, 0.3) is 0 Å². The van der Waals surface area contributed by atoms with Crippen LogP contribution >= 0.6 is 0 Å². The molecule has 4 aromatic carbocycles. The van der Waals surface area contributed by atoms with Crippen LogP contribution in [0.15, 0.2) is 72.8 Å². The van der Waals surface area contributed by atoms with E-state index in [9.17, 15) is 19.8 Å². The Hall–Kier alpha value is -4.74. The van der Waals surface area contributed by atoms with E-state index in [4.69, 9.17) is 9.47 Å². The lowest BCUT2D eigenvalue weighted by Gasteiger charge is -2.27. The number of ether oxygens (including phenoxy) is 2. The van der Waals surface area contributed by atoms with Gasteiger partial charge in [0.15, 0.2) is 0 Å². The number of aryl methyl sites for hydroxylation is 2. The molecule has 2 aliphatic heterocycles. The molecule has 2 saturated heterocycles. The largest absolute Gasteiger partial charge is 0.507 e. The van der Waals surface area contributed by atoms with Gasteiger partial charge in [-0.05, 0) is 60.4 Å². The summed E-state index contributed by atoms with van der Waals surface area (Å²) in [4.78, 5) is 32.6. The number of phenolic OH excluding ortho intramolecular Hbond substituents is 2. The zero-order valence-corrected chi connectivity index (χ0v) is 27.2. The van der Waals surface area contributed by atoms with Crippen LogP contribution in [0, 0.1) is 13.8 Å². The summed E-state index contributed by atoms with van der Waals surface area (Å²) in [6, 6.07) is 22.4. The molecule has 0 radical (unpaired) electrons. The Labute approximate surface area is 279 Å². The highest BCUT2D eigenvalue weighted by atomic mass is 16.5. The van der Waals surface area contributed by atoms with Crippen LogP contribution in [0.25, 0.3) is 0 Å². The number of ketones is 2. The van der Waals surface area contributed by atoms with Crippen molar-refractivity contribution in [2.45, 2.75) is 26.3 Å². The fourth-order valence-electron chi connectivity index (χ4n) is 7.10. The van der Waals surface area contributed by atoms with Crippen molar-refractivity contribution in [3.05, 3.63) is 117 Å². The Morgan fingerprint density at radius 1 is 0.625 bits per heavy atom. The van der Waals surface area contributed by atoms with E-state index in [0.29, 0.717) is 50.8 Å². The Balaban J connectivity index is 1.13. The van der Waals surface area contributed by atoms with E-state index in [1.807, 2.05) is 24.3 Å². The maximum atomic E-state index is 14.1. The van der Waals surface area contributed by atoms with E-state index in [0.717, 1.165) is 35.3 Å². The minimum Gasteiger partial charge on any atom is -0.507 e. The minimum absolute atomic E-state index is 0.157. The molecule has 4 aromatic rings. The van der Waals surface area contributed by atoms with Crippen molar-refractivity contribution in [1.29, 1.82) is 0 Å². The number of rotatable bonds is 10. The molecule has 0 spiro atoms. The van der Waals surface area contributed by atoms with E-state index in [1.54, 1.807) is 12.1 Å². The number of nitrogens with zero attached hydrogens (tertiary/aromatic N) is 2. The van der Waals surface area contributed by atoms with Gasteiger partial charge >= 0.3 is 0 Å². The normalized spacial score (nSPS) is 19.4. The van der Waals surface area contributed by atoms with Gasteiger partial charge in [-0.15, -0.1) is 0 Å². The van der Waals surface area contributed by atoms with E-state index in [-0.39, 0.29) is 46.2 Å². The quantitative estimate of drug-likeness (QED) is 0.147. The van der Waals surface area contributed by atoms with Gasteiger partial charge in [0.2, 0.25) is 11.6 Å².